The van der Waals surface area contributed by atoms with E-state index in [9.17, 15) is 0 Å². The van der Waals surface area contributed by atoms with E-state index >= 15 is 0 Å². The standard InChI is InChI=1S/C16H23N5/c17-16(20-13-6-2-1-3-7-13)18-10-9-14-12-21-11-5-4-8-15(21)19-14/h4-5,8,11-13H,1-3,6-7,9-10H2,(H3,17,18,20). The maximum absolute atomic E-state index is 5.96. The van der Waals surface area contributed by atoms with Gasteiger partial charge in [0.05, 0.1) is 5.69 Å². The summed E-state index contributed by atoms with van der Waals surface area (Å²) in [4.78, 5) is 8.98. The van der Waals surface area contributed by atoms with Gasteiger partial charge in [0.1, 0.15) is 5.65 Å². The first-order valence-electron chi connectivity index (χ1n) is 7.80. The van der Waals surface area contributed by atoms with Crippen LogP contribution in [0.4, 0.5) is 0 Å². The summed E-state index contributed by atoms with van der Waals surface area (Å²) in [6.45, 7) is 0.676. The van der Waals surface area contributed by atoms with Crippen molar-refractivity contribution in [1.29, 1.82) is 0 Å². The average molecular weight is 285 g/mol. The molecule has 1 fully saturated rings. The Hall–Kier alpha value is -2.04. The van der Waals surface area contributed by atoms with E-state index in [1.54, 1.807) is 0 Å². The third-order valence-electron chi connectivity index (χ3n) is 4.02. The van der Waals surface area contributed by atoms with Crippen LogP contribution in [0.15, 0.2) is 35.6 Å². The molecule has 5 heteroatoms. The lowest BCUT2D eigenvalue weighted by Gasteiger charge is -2.23. The van der Waals surface area contributed by atoms with E-state index in [2.05, 4.69) is 21.5 Å². The summed E-state index contributed by atoms with van der Waals surface area (Å²) in [5.41, 5.74) is 7.99. The molecular formula is C16H23N5. The highest BCUT2D eigenvalue weighted by Gasteiger charge is 2.13. The van der Waals surface area contributed by atoms with Crippen molar-refractivity contribution in [3.63, 3.8) is 0 Å². The fourth-order valence-corrected chi connectivity index (χ4v) is 2.90. The first-order chi connectivity index (χ1) is 10.3. The molecule has 1 saturated carbocycles. The highest BCUT2D eigenvalue weighted by atomic mass is 15.1. The Kier molecular flexibility index (Phi) is 4.38. The van der Waals surface area contributed by atoms with Gasteiger partial charge >= 0.3 is 0 Å². The van der Waals surface area contributed by atoms with Crippen LogP contribution in [0.1, 0.15) is 37.8 Å². The van der Waals surface area contributed by atoms with Crippen molar-refractivity contribution >= 4 is 11.6 Å². The van der Waals surface area contributed by atoms with Crippen LogP contribution in [0.3, 0.4) is 0 Å². The van der Waals surface area contributed by atoms with Gasteiger partial charge in [-0.05, 0) is 25.0 Å². The Morgan fingerprint density at radius 3 is 3.00 bits per heavy atom. The Labute approximate surface area is 125 Å². The molecule has 0 saturated heterocycles. The van der Waals surface area contributed by atoms with Crippen LogP contribution in [0.25, 0.3) is 5.65 Å². The van der Waals surface area contributed by atoms with Crippen molar-refractivity contribution in [2.45, 2.75) is 44.6 Å². The lowest BCUT2D eigenvalue weighted by molar-refractivity contribution is 0.412. The summed E-state index contributed by atoms with van der Waals surface area (Å²) in [6, 6.07) is 6.52. The molecule has 0 amide bonds. The molecule has 0 aromatic carbocycles. The van der Waals surface area contributed by atoms with Crippen molar-refractivity contribution in [3.8, 4) is 0 Å². The van der Waals surface area contributed by atoms with Crippen LogP contribution in [0, 0.1) is 0 Å². The summed E-state index contributed by atoms with van der Waals surface area (Å²) >= 11 is 0. The van der Waals surface area contributed by atoms with Crippen LogP contribution < -0.4 is 11.1 Å². The highest BCUT2D eigenvalue weighted by Crippen LogP contribution is 2.17. The number of hydrogen-bond acceptors (Lipinski definition) is 2. The number of hydrogen-bond donors (Lipinski definition) is 2. The number of fused-ring (bicyclic) bond motifs is 1. The van der Waals surface area contributed by atoms with Gasteiger partial charge in [0.15, 0.2) is 5.96 Å². The van der Waals surface area contributed by atoms with Crippen LogP contribution in [-0.2, 0) is 6.42 Å². The molecule has 0 bridgehead atoms. The average Bonchev–Trinajstić information content (AvgIpc) is 2.91. The molecule has 2 heterocycles. The van der Waals surface area contributed by atoms with E-state index in [0.717, 1.165) is 17.8 Å². The molecular weight excluding hydrogens is 262 g/mol. The molecule has 0 unspecified atom stereocenters. The molecule has 0 spiro atoms. The largest absolute Gasteiger partial charge is 0.370 e. The number of aliphatic imine (C=N–C) groups is 1. The number of aromatic nitrogens is 2. The second kappa shape index (κ2) is 6.61. The summed E-state index contributed by atoms with van der Waals surface area (Å²) in [5, 5.41) is 3.33. The zero-order valence-corrected chi connectivity index (χ0v) is 12.3. The minimum absolute atomic E-state index is 0.512. The summed E-state index contributed by atoms with van der Waals surface area (Å²) in [7, 11) is 0. The molecule has 21 heavy (non-hydrogen) atoms. The maximum Gasteiger partial charge on any atom is 0.188 e. The van der Waals surface area contributed by atoms with E-state index < -0.39 is 0 Å². The van der Waals surface area contributed by atoms with Crippen LogP contribution in [0.5, 0.6) is 0 Å². The minimum atomic E-state index is 0.512. The van der Waals surface area contributed by atoms with Gasteiger partial charge in [0.2, 0.25) is 0 Å². The first-order valence-corrected chi connectivity index (χ1v) is 7.80. The molecule has 2 aromatic heterocycles. The van der Waals surface area contributed by atoms with Crippen LogP contribution >= 0.6 is 0 Å². The number of rotatable bonds is 4. The number of nitrogens with zero attached hydrogens (tertiary/aromatic N) is 3. The second-order valence-electron chi connectivity index (χ2n) is 5.69. The highest BCUT2D eigenvalue weighted by molar-refractivity contribution is 5.78. The molecule has 1 aliphatic rings. The third-order valence-corrected chi connectivity index (χ3v) is 4.02. The number of guanidine groups is 1. The van der Waals surface area contributed by atoms with Gasteiger partial charge in [-0.15, -0.1) is 0 Å². The van der Waals surface area contributed by atoms with Gasteiger partial charge in [-0.1, -0.05) is 25.3 Å². The number of imidazole rings is 1. The molecule has 2 aromatic rings. The van der Waals surface area contributed by atoms with E-state index in [4.69, 9.17) is 5.73 Å². The predicted molar refractivity (Wildman–Crippen MR) is 85.4 cm³/mol. The quantitative estimate of drug-likeness (QED) is 0.668. The number of pyridine rings is 1. The molecule has 3 rings (SSSR count). The van der Waals surface area contributed by atoms with E-state index in [0.29, 0.717) is 18.5 Å². The van der Waals surface area contributed by atoms with Crippen molar-refractivity contribution in [2.24, 2.45) is 10.7 Å². The van der Waals surface area contributed by atoms with Crippen molar-refractivity contribution < 1.29 is 0 Å². The molecule has 0 aliphatic heterocycles. The molecule has 3 N–H and O–H groups in total. The lowest BCUT2D eigenvalue weighted by Crippen LogP contribution is -2.41. The van der Waals surface area contributed by atoms with Crippen LogP contribution in [0.2, 0.25) is 0 Å². The predicted octanol–water partition coefficient (Wildman–Crippen LogP) is 2.11. The van der Waals surface area contributed by atoms with Gasteiger partial charge in [-0.25, -0.2) is 4.98 Å². The minimum Gasteiger partial charge on any atom is -0.370 e. The van der Waals surface area contributed by atoms with Gasteiger partial charge in [0.25, 0.3) is 0 Å². The number of nitrogens with two attached hydrogens (primary N) is 1. The van der Waals surface area contributed by atoms with Crippen LogP contribution in [-0.4, -0.2) is 27.9 Å². The first kappa shape index (κ1) is 13.9. The van der Waals surface area contributed by atoms with Crippen molar-refractivity contribution in [3.05, 3.63) is 36.3 Å². The van der Waals surface area contributed by atoms with Crippen molar-refractivity contribution in [2.75, 3.05) is 6.54 Å². The lowest BCUT2D eigenvalue weighted by atomic mass is 9.96. The fraction of sp³-hybridized carbons (Fsp3) is 0.500. The third kappa shape index (κ3) is 3.74. The molecule has 112 valence electrons. The summed E-state index contributed by atoms with van der Waals surface area (Å²) in [6.07, 6.45) is 11.2. The van der Waals surface area contributed by atoms with Gasteiger partial charge in [-0.3, -0.25) is 4.99 Å². The van der Waals surface area contributed by atoms with Crippen molar-refractivity contribution in [1.82, 2.24) is 14.7 Å². The Morgan fingerprint density at radius 1 is 1.33 bits per heavy atom. The monoisotopic (exact) mass is 285 g/mol. The Morgan fingerprint density at radius 2 is 2.19 bits per heavy atom. The molecule has 0 atom stereocenters. The van der Waals surface area contributed by atoms with E-state index in [1.807, 2.05) is 28.8 Å². The molecule has 0 radical (unpaired) electrons. The summed E-state index contributed by atoms with van der Waals surface area (Å²) in [5.74, 6) is 0.575. The molecule has 1 aliphatic carbocycles. The maximum atomic E-state index is 5.96. The topological polar surface area (TPSA) is 67.7 Å². The Bertz CT molecular complexity index is 577. The normalized spacial score (nSPS) is 17.2. The fourth-order valence-electron chi connectivity index (χ4n) is 2.90. The zero-order chi connectivity index (χ0) is 14.5. The van der Waals surface area contributed by atoms with Gasteiger partial charge < -0.3 is 15.5 Å². The van der Waals surface area contributed by atoms with Gasteiger partial charge in [0, 0.05) is 31.4 Å². The second-order valence-corrected chi connectivity index (χ2v) is 5.69. The van der Waals surface area contributed by atoms with E-state index in [1.165, 1.54) is 32.1 Å². The Balaban J connectivity index is 1.50. The molecule has 5 nitrogen and oxygen atoms in total. The van der Waals surface area contributed by atoms with Gasteiger partial charge in [-0.2, -0.15) is 0 Å². The number of nitrogens with one attached hydrogen (secondary N) is 1. The summed E-state index contributed by atoms with van der Waals surface area (Å²) < 4.78 is 2.03. The smallest absolute Gasteiger partial charge is 0.188 e. The zero-order valence-electron chi connectivity index (χ0n) is 12.3. The van der Waals surface area contributed by atoms with E-state index in [-0.39, 0.29) is 0 Å². The SMILES string of the molecule is NC(=NCCc1cn2ccccc2n1)NC1CCCCC1.